The minimum atomic E-state index is -0.608. The molecule has 0 heterocycles. The standard InChI is InChI=1S/C13H19NO4/c1-9(13(16)14(2)3)18-12-7-10(8-15)5-6-11(12)17-4/h5-7,9,15H,8H2,1-4H3. The van der Waals surface area contributed by atoms with E-state index in [-0.39, 0.29) is 12.5 Å². The Morgan fingerprint density at radius 3 is 2.56 bits per heavy atom. The number of benzene rings is 1. The van der Waals surface area contributed by atoms with E-state index in [9.17, 15) is 4.79 Å². The van der Waals surface area contributed by atoms with Crippen LogP contribution in [0.3, 0.4) is 0 Å². The predicted octanol–water partition coefficient (Wildman–Crippen LogP) is 1.04. The molecule has 5 heteroatoms. The van der Waals surface area contributed by atoms with Crippen molar-refractivity contribution in [1.82, 2.24) is 4.90 Å². The van der Waals surface area contributed by atoms with Gasteiger partial charge in [0.25, 0.3) is 5.91 Å². The van der Waals surface area contributed by atoms with Crippen LogP contribution in [-0.2, 0) is 11.4 Å². The fourth-order valence-electron chi connectivity index (χ4n) is 1.52. The van der Waals surface area contributed by atoms with Gasteiger partial charge < -0.3 is 19.5 Å². The normalized spacial score (nSPS) is 11.8. The first kappa shape index (κ1) is 14.3. The molecule has 1 amide bonds. The van der Waals surface area contributed by atoms with Gasteiger partial charge in [-0.15, -0.1) is 0 Å². The molecular formula is C13H19NO4. The van der Waals surface area contributed by atoms with E-state index in [4.69, 9.17) is 14.6 Å². The maximum absolute atomic E-state index is 11.7. The van der Waals surface area contributed by atoms with Gasteiger partial charge in [0.2, 0.25) is 0 Å². The molecular weight excluding hydrogens is 234 g/mol. The number of aliphatic hydroxyl groups is 1. The molecule has 0 bridgehead atoms. The second kappa shape index (κ2) is 6.26. The summed E-state index contributed by atoms with van der Waals surface area (Å²) in [5, 5.41) is 9.09. The Kier molecular flexibility index (Phi) is 4.97. The summed E-state index contributed by atoms with van der Waals surface area (Å²) >= 11 is 0. The third kappa shape index (κ3) is 3.37. The molecule has 1 unspecified atom stereocenters. The quantitative estimate of drug-likeness (QED) is 0.852. The SMILES string of the molecule is COc1ccc(CO)cc1OC(C)C(=O)N(C)C. The predicted molar refractivity (Wildman–Crippen MR) is 67.7 cm³/mol. The van der Waals surface area contributed by atoms with Gasteiger partial charge in [0.1, 0.15) is 0 Å². The average Bonchev–Trinajstić information content (AvgIpc) is 2.37. The second-order valence-corrected chi connectivity index (χ2v) is 4.14. The summed E-state index contributed by atoms with van der Waals surface area (Å²) in [5.41, 5.74) is 0.704. The maximum Gasteiger partial charge on any atom is 0.262 e. The summed E-state index contributed by atoms with van der Waals surface area (Å²) in [7, 11) is 4.87. The van der Waals surface area contributed by atoms with E-state index in [1.807, 2.05) is 0 Å². The molecule has 100 valence electrons. The minimum Gasteiger partial charge on any atom is -0.493 e. The van der Waals surface area contributed by atoms with Crippen molar-refractivity contribution < 1.29 is 19.4 Å². The second-order valence-electron chi connectivity index (χ2n) is 4.14. The van der Waals surface area contributed by atoms with Gasteiger partial charge in [-0.25, -0.2) is 0 Å². The fourth-order valence-corrected chi connectivity index (χ4v) is 1.52. The number of amides is 1. The molecule has 18 heavy (non-hydrogen) atoms. The highest BCUT2D eigenvalue weighted by Gasteiger charge is 2.18. The summed E-state index contributed by atoms with van der Waals surface area (Å²) in [6.45, 7) is 1.59. The van der Waals surface area contributed by atoms with E-state index >= 15 is 0 Å². The van der Waals surface area contributed by atoms with Crippen LogP contribution in [0, 0.1) is 0 Å². The molecule has 1 aromatic carbocycles. The average molecular weight is 253 g/mol. The Morgan fingerprint density at radius 1 is 1.39 bits per heavy atom. The number of carbonyl (C=O) groups is 1. The highest BCUT2D eigenvalue weighted by molar-refractivity contribution is 5.80. The van der Waals surface area contributed by atoms with Gasteiger partial charge in [-0.2, -0.15) is 0 Å². The lowest BCUT2D eigenvalue weighted by molar-refractivity contribution is -0.135. The van der Waals surface area contributed by atoms with Crippen molar-refractivity contribution in [2.45, 2.75) is 19.6 Å². The molecule has 0 radical (unpaired) electrons. The number of ether oxygens (including phenoxy) is 2. The smallest absolute Gasteiger partial charge is 0.262 e. The van der Waals surface area contributed by atoms with Gasteiger partial charge in [-0.1, -0.05) is 6.07 Å². The van der Waals surface area contributed by atoms with Crippen LogP contribution in [0.2, 0.25) is 0 Å². The lowest BCUT2D eigenvalue weighted by Gasteiger charge is -2.20. The number of hydrogen-bond donors (Lipinski definition) is 1. The molecule has 0 aromatic heterocycles. The third-order valence-corrected chi connectivity index (χ3v) is 2.50. The Bertz CT molecular complexity index is 417. The molecule has 1 rings (SSSR count). The van der Waals surface area contributed by atoms with Crippen LogP contribution in [0.1, 0.15) is 12.5 Å². The largest absolute Gasteiger partial charge is 0.493 e. The number of likely N-dealkylation sites (N-methyl/N-ethyl adjacent to an activating group) is 1. The first-order valence-electron chi connectivity index (χ1n) is 5.65. The van der Waals surface area contributed by atoms with E-state index in [1.54, 1.807) is 39.2 Å². The lowest BCUT2D eigenvalue weighted by atomic mass is 10.2. The first-order valence-corrected chi connectivity index (χ1v) is 5.65. The van der Waals surface area contributed by atoms with Gasteiger partial charge in [0, 0.05) is 14.1 Å². The highest BCUT2D eigenvalue weighted by Crippen LogP contribution is 2.29. The summed E-state index contributed by atoms with van der Waals surface area (Å²) < 4.78 is 10.7. The molecule has 0 saturated heterocycles. The van der Waals surface area contributed by atoms with E-state index in [1.165, 1.54) is 12.0 Å². The molecule has 1 aromatic rings. The molecule has 0 aliphatic heterocycles. The van der Waals surface area contributed by atoms with Gasteiger partial charge in [0.05, 0.1) is 13.7 Å². The number of rotatable bonds is 5. The molecule has 0 fully saturated rings. The molecule has 5 nitrogen and oxygen atoms in total. The molecule has 0 spiro atoms. The zero-order chi connectivity index (χ0) is 13.7. The Hall–Kier alpha value is -1.75. The molecule has 0 saturated carbocycles. The van der Waals surface area contributed by atoms with Crippen molar-refractivity contribution in [3.63, 3.8) is 0 Å². The van der Waals surface area contributed by atoms with Crippen molar-refractivity contribution in [3.8, 4) is 11.5 Å². The van der Waals surface area contributed by atoms with Gasteiger partial charge in [0.15, 0.2) is 17.6 Å². The summed E-state index contributed by atoms with van der Waals surface area (Å²) in [6, 6.07) is 5.11. The Balaban J connectivity index is 2.91. The van der Waals surface area contributed by atoms with Crippen LogP contribution < -0.4 is 9.47 Å². The number of nitrogens with zero attached hydrogens (tertiary/aromatic N) is 1. The number of carbonyl (C=O) groups excluding carboxylic acids is 1. The van der Waals surface area contributed by atoms with Crippen LogP contribution in [-0.4, -0.2) is 43.2 Å². The minimum absolute atomic E-state index is 0.0869. The molecule has 1 atom stereocenters. The number of aliphatic hydroxyl groups excluding tert-OH is 1. The van der Waals surface area contributed by atoms with Gasteiger partial charge in [-0.05, 0) is 24.6 Å². The maximum atomic E-state index is 11.7. The fraction of sp³-hybridized carbons (Fsp3) is 0.462. The van der Waals surface area contributed by atoms with Crippen LogP contribution in [0.25, 0.3) is 0 Å². The first-order chi connectivity index (χ1) is 8.49. The molecule has 1 N–H and O–H groups in total. The molecule has 0 aliphatic rings. The zero-order valence-electron chi connectivity index (χ0n) is 11.1. The number of methoxy groups -OCH3 is 1. The van der Waals surface area contributed by atoms with Crippen LogP contribution >= 0.6 is 0 Å². The third-order valence-electron chi connectivity index (χ3n) is 2.50. The topological polar surface area (TPSA) is 59.0 Å². The summed E-state index contributed by atoms with van der Waals surface area (Å²) in [4.78, 5) is 13.2. The van der Waals surface area contributed by atoms with E-state index in [0.717, 1.165) is 0 Å². The highest BCUT2D eigenvalue weighted by atomic mass is 16.5. The van der Waals surface area contributed by atoms with Crippen molar-refractivity contribution in [2.24, 2.45) is 0 Å². The summed E-state index contributed by atoms with van der Waals surface area (Å²) in [6.07, 6.45) is -0.608. The van der Waals surface area contributed by atoms with Crippen LogP contribution in [0.4, 0.5) is 0 Å². The van der Waals surface area contributed by atoms with Gasteiger partial charge in [-0.3, -0.25) is 4.79 Å². The van der Waals surface area contributed by atoms with E-state index < -0.39 is 6.10 Å². The van der Waals surface area contributed by atoms with E-state index in [0.29, 0.717) is 17.1 Å². The van der Waals surface area contributed by atoms with E-state index in [2.05, 4.69) is 0 Å². The van der Waals surface area contributed by atoms with Gasteiger partial charge >= 0.3 is 0 Å². The lowest BCUT2D eigenvalue weighted by Crippen LogP contribution is -2.35. The Morgan fingerprint density at radius 2 is 2.06 bits per heavy atom. The molecule has 0 aliphatic carbocycles. The summed E-state index contributed by atoms with van der Waals surface area (Å²) in [5.74, 6) is 0.851. The van der Waals surface area contributed by atoms with Crippen molar-refractivity contribution in [2.75, 3.05) is 21.2 Å². The van der Waals surface area contributed by atoms with Crippen molar-refractivity contribution >= 4 is 5.91 Å². The van der Waals surface area contributed by atoms with Crippen molar-refractivity contribution in [3.05, 3.63) is 23.8 Å². The number of hydrogen-bond acceptors (Lipinski definition) is 4. The Labute approximate surface area is 107 Å². The van der Waals surface area contributed by atoms with Crippen LogP contribution in [0.15, 0.2) is 18.2 Å². The van der Waals surface area contributed by atoms with Crippen molar-refractivity contribution in [1.29, 1.82) is 0 Å². The zero-order valence-corrected chi connectivity index (χ0v) is 11.1. The monoisotopic (exact) mass is 253 g/mol. The van der Waals surface area contributed by atoms with Crippen LogP contribution in [0.5, 0.6) is 11.5 Å².